The molecule has 0 unspecified atom stereocenters. The molecule has 0 aliphatic rings. The van der Waals surface area contributed by atoms with Gasteiger partial charge in [0, 0.05) is 12.1 Å². The van der Waals surface area contributed by atoms with E-state index >= 15 is 0 Å². The second kappa shape index (κ2) is 8.30. The molecule has 0 heterocycles. The first-order valence-corrected chi connectivity index (χ1v) is 5.84. The first-order chi connectivity index (χ1) is 9.61. The van der Waals surface area contributed by atoms with E-state index in [0.29, 0.717) is 12.6 Å². The van der Waals surface area contributed by atoms with Gasteiger partial charge in [-0.3, -0.25) is 0 Å². The molecule has 0 aromatic heterocycles. The third-order valence-corrected chi connectivity index (χ3v) is 2.43. The Labute approximate surface area is 141 Å². The Morgan fingerprint density at radius 3 is 2.36 bits per heavy atom. The molecule has 1 aromatic carbocycles. The van der Waals surface area contributed by atoms with Crippen molar-refractivity contribution in [2.24, 2.45) is 10.7 Å². The van der Waals surface area contributed by atoms with E-state index in [1.54, 1.807) is 6.92 Å². The number of alkyl halides is 3. The molecular weight excluding hydrogens is 420 g/mol. The lowest BCUT2D eigenvalue weighted by atomic mass is 10.1. The number of hydrogen-bond donors (Lipinski definition) is 2. The number of nitrogens with zero attached hydrogens (tertiary/aromatic N) is 1. The second-order valence-corrected chi connectivity index (χ2v) is 4.43. The third kappa shape index (κ3) is 6.16. The van der Waals surface area contributed by atoms with E-state index in [1.165, 1.54) is 0 Å². The monoisotopic (exact) mass is 435 g/mol. The van der Waals surface area contributed by atoms with Crippen molar-refractivity contribution in [1.82, 2.24) is 5.32 Å². The highest BCUT2D eigenvalue weighted by Gasteiger charge is 2.35. The topological polar surface area (TPSA) is 50.4 Å². The maximum atomic E-state index is 13.5. The largest absolute Gasteiger partial charge is 0.419 e. The van der Waals surface area contributed by atoms with Gasteiger partial charge < -0.3 is 11.1 Å². The molecule has 3 N–H and O–H groups in total. The van der Waals surface area contributed by atoms with Gasteiger partial charge in [0.1, 0.15) is 11.6 Å². The van der Waals surface area contributed by atoms with Gasteiger partial charge in [-0.15, -0.1) is 24.0 Å². The minimum atomic E-state index is -4.95. The van der Waals surface area contributed by atoms with Crippen LogP contribution in [-0.2, 0) is 12.7 Å². The average molecular weight is 435 g/mol. The predicted molar refractivity (Wildman–Crippen MR) is 84.9 cm³/mol. The van der Waals surface area contributed by atoms with Gasteiger partial charge in [0.15, 0.2) is 5.96 Å². The van der Waals surface area contributed by atoms with Gasteiger partial charge in [-0.1, -0.05) is 12.2 Å². The average Bonchev–Trinajstić information content (AvgIpc) is 2.35. The molecule has 1 rings (SSSR count). The van der Waals surface area contributed by atoms with Crippen molar-refractivity contribution in [3.63, 3.8) is 0 Å². The minimum Gasteiger partial charge on any atom is -0.370 e. The van der Waals surface area contributed by atoms with Crippen molar-refractivity contribution in [1.29, 1.82) is 0 Å². The molecule has 0 atom stereocenters. The summed E-state index contributed by atoms with van der Waals surface area (Å²) in [5.41, 5.74) is 4.27. The number of rotatable bonds is 4. The number of guanidine groups is 1. The highest BCUT2D eigenvalue weighted by molar-refractivity contribution is 14.0. The Kier molecular flexibility index (Phi) is 7.77. The Morgan fingerprint density at radius 2 is 1.86 bits per heavy atom. The zero-order chi connectivity index (χ0) is 16.2. The molecule has 9 heteroatoms. The number of nitrogens with two attached hydrogens (primary N) is 1. The summed E-state index contributed by atoms with van der Waals surface area (Å²) < 4.78 is 64.0. The van der Waals surface area contributed by atoms with Crippen LogP contribution in [0.2, 0.25) is 0 Å². The molecule has 22 heavy (non-hydrogen) atoms. The predicted octanol–water partition coefficient (Wildman–Crippen LogP) is 3.58. The Morgan fingerprint density at radius 1 is 1.27 bits per heavy atom. The van der Waals surface area contributed by atoms with Gasteiger partial charge in [-0.05, 0) is 19.1 Å². The van der Waals surface area contributed by atoms with E-state index < -0.39 is 23.4 Å². The van der Waals surface area contributed by atoms with E-state index in [9.17, 15) is 22.0 Å². The molecule has 0 aliphatic heterocycles. The summed E-state index contributed by atoms with van der Waals surface area (Å²) in [4.78, 5) is 3.71. The van der Waals surface area contributed by atoms with Crippen LogP contribution in [0.25, 0.3) is 0 Å². The van der Waals surface area contributed by atoms with Crippen LogP contribution in [0.15, 0.2) is 29.3 Å². The molecular formula is C13H15F5IN3. The van der Waals surface area contributed by atoms with Crippen molar-refractivity contribution in [3.05, 3.63) is 47.0 Å². The first-order valence-electron chi connectivity index (χ1n) is 5.84. The Balaban J connectivity index is 0.00000441. The van der Waals surface area contributed by atoms with E-state index in [-0.39, 0.29) is 48.1 Å². The van der Waals surface area contributed by atoms with Crippen LogP contribution < -0.4 is 11.1 Å². The van der Waals surface area contributed by atoms with Gasteiger partial charge in [-0.25, -0.2) is 13.8 Å². The maximum absolute atomic E-state index is 13.5. The summed E-state index contributed by atoms with van der Waals surface area (Å²) in [6.45, 7) is 5.32. The fourth-order valence-corrected chi connectivity index (χ4v) is 1.39. The van der Waals surface area contributed by atoms with Crippen LogP contribution >= 0.6 is 24.0 Å². The highest BCUT2D eigenvalue weighted by atomic mass is 127. The molecule has 1 aromatic rings. The standard InChI is InChI=1S/C13H14F5N3.HI/c1-7(2)5-20-12(19)21-6-8-3-11(15)9(4-10(8)14)13(16,17)18;/h3-4H,1,5-6H2,2H3,(H3,19,20,21);1H. The number of benzene rings is 1. The molecule has 3 nitrogen and oxygen atoms in total. The normalized spacial score (nSPS) is 11.8. The molecule has 0 radical (unpaired) electrons. The van der Waals surface area contributed by atoms with E-state index in [2.05, 4.69) is 16.9 Å². The van der Waals surface area contributed by atoms with Crippen LogP contribution in [0.3, 0.4) is 0 Å². The lowest BCUT2D eigenvalue weighted by Crippen LogP contribution is -2.32. The van der Waals surface area contributed by atoms with Gasteiger partial charge >= 0.3 is 6.18 Å². The first kappa shape index (κ1) is 20.6. The summed E-state index contributed by atoms with van der Waals surface area (Å²) in [7, 11) is 0. The van der Waals surface area contributed by atoms with Crippen LogP contribution in [-0.4, -0.2) is 12.5 Å². The van der Waals surface area contributed by atoms with Crippen molar-refractivity contribution >= 4 is 29.9 Å². The number of halogens is 6. The summed E-state index contributed by atoms with van der Waals surface area (Å²) in [5.74, 6) is -2.79. The summed E-state index contributed by atoms with van der Waals surface area (Å²) in [5, 5.41) is 2.65. The molecule has 0 amide bonds. The molecule has 0 bridgehead atoms. The summed E-state index contributed by atoms with van der Waals surface area (Å²) >= 11 is 0. The van der Waals surface area contributed by atoms with Crippen molar-refractivity contribution < 1.29 is 22.0 Å². The fourth-order valence-electron chi connectivity index (χ4n) is 1.39. The SMILES string of the molecule is C=C(C)CNC(N)=NCc1cc(F)c(C(F)(F)F)cc1F.I. The summed E-state index contributed by atoms with van der Waals surface area (Å²) in [6.07, 6.45) is -4.95. The quantitative estimate of drug-likeness (QED) is 0.250. The van der Waals surface area contributed by atoms with E-state index in [4.69, 9.17) is 5.73 Å². The molecule has 0 fully saturated rings. The van der Waals surface area contributed by atoms with Gasteiger partial charge in [0.05, 0.1) is 12.1 Å². The number of hydrogen-bond acceptors (Lipinski definition) is 1. The van der Waals surface area contributed by atoms with Crippen molar-refractivity contribution in [2.75, 3.05) is 6.54 Å². The second-order valence-electron chi connectivity index (χ2n) is 4.43. The van der Waals surface area contributed by atoms with E-state index in [0.717, 1.165) is 5.57 Å². The van der Waals surface area contributed by atoms with Crippen LogP contribution in [0, 0.1) is 11.6 Å². The maximum Gasteiger partial charge on any atom is 0.419 e. The highest BCUT2D eigenvalue weighted by Crippen LogP contribution is 2.32. The lowest BCUT2D eigenvalue weighted by Gasteiger charge is -2.10. The van der Waals surface area contributed by atoms with Crippen molar-refractivity contribution in [3.8, 4) is 0 Å². The fraction of sp³-hybridized carbons (Fsp3) is 0.308. The zero-order valence-electron chi connectivity index (χ0n) is 11.6. The lowest BCUT2D eigenvalue weighted by molar-refractivity contribution is -0.140. The molecule has 0 aliphatic carbocycles. The smallest absolute Gasteiger partial charge is 0.370 e. The van der Waals surface area contributed by atoms with Crippen LogP contribution in [0.1, 0.15) is 18.1 Å². The molecule has 0 saturated heterocycles. The number of nitrogens with one attached hydrogen (secondary N) is 1. The molecule has 0 saturated carbocycles. The van der Waals surface area contributed by atoms with Crippen LogP contribution in [0.5, 0.6) is 0 Å². The number of aliphatic imine (C=N–C) groups is 1. The third-order valence-electron chi connectivity index (χ3n) is 2.43. The van der Waals surface area contributed by atoms with Crippen LogP contribution in [0.4, 0.5) is 22.0 Å². The minimum absolute atomic E-state index is 0. The van der Waals surface area contributed by atoms with E-state index in [1.807, 2.05) is 0 Å². The zero-order valence-corrected chi connectivity index (χ0v) is 13.9. The van der Waals surface area contributed by atoms with Gasteiger partial charge in [-0.2, -0.15) is 13.2 Å². The molecule has 124 valence electrons. The van der Waals surface area contributed by atoms with Crippen molar-refractivity contribution in [2.45, 2.75) is 19.6 Å². The summed E-state index contributed by atoms with van der Waals surface area (Å²) in [6, 6.07) is 0.575. The Bertz CT molecular complexity index is 570. The van der Waals surface area contributed by atoms with Gasteiger partial charge in [0.2, 0.25) is 0 Å². The Hall–Kier alpha value is -1.39. The molecule has 0 spiro atoms. The van der Waals surface area contributed by atoms with Gasteiger partial charge in [0.25, 0.3) is 0 Å².